The minimum Gasteiger partial charge on any atom is -0.481 e. The molecule has 0 bridgehead atoms. The van der Waals surface area contributed by atoms with Gasteiger partial charge < -0.3 is 19.3 Å². The zero-order valence-corrected chi connectivity index (χ0v) is 14.5. The van der Waals surface area contributed by atoms with Crippen molar-refractivity contribution >= 4 is 11.9 Å². The van der Waals surface area contributed by atoms with Crippen LogP contribution in [0.15, 0.2) is 6.07 Å². The molecule has 1 atom stereocenters. The van der Waals surface area contributed by atoms with E-state index in [-0.39, 0.29) is 12.0 Å². The zero-order chi connectivity index (χ0) is 16.9. The van der Waals surface area contributed by atoms with Gasteiger partial charge in [-0.15, -0.1) is 0 Å². The van der Waals surface area contributed by atoms with Crippen LogP contribution in [-0.2, 0) is 9.53 Å². The summed E-state index contributed by atoms with van der Waals surface area (Å²) in [5.74, 6) is 1.48. The van der Waals surface area contributed by atoms with Gasteiger partial charge in [0.2, 0.25) is 17.7 Å². The number of carbonyl (C=O) groups excluding carboxylic acids is 1. The number of hydrogen-bond donors (Lipinski definition) is 0. The summed E-state index contributed by atoms with van der Waals surface area (Å²) < 4.78 is 10.8. The normalized spacial score (nSPS) is 21.2. The highest BCUT2D eigenvalue weighted by Gasteiger charge is 2.24. The second-order valence-corrected chi connectivity index (χ2v) is 6.39. The molecular formula is C17H26N4O3. The summed E-state index contributed by atoms with van der Waals surface area (Å²) in [5, 5.41) is 0. The molecule has 0 radical (unpaired) electrons. The molecule has 2 aliphatic rings. The third-order valence-electron chi connectivity index (χ3n) is 4.65. The lowest BCUT2D eigenvalue weighted by atomic mass is 10.1. The Balaban J connectivity index is 1.49. The number of piperazine rings is 1. The molecule has 7 heteroatoms. The highest BCUT2D eigenvalue weighted by molar-refractivity contribution is 5.76. The standard InChI is InChI=1S/C17H26N4O3/c1-13-12-15(23-2)19-17(18-13)21-9-7-20(8-10-21)16(22)6-5-14-4-3-11-24-14/h12,14H,3-11H2,1-2H3. The van der Waals surface area contributed by atoms with Gasteiger partial charge in [-0.3, -0.25) is 4.79 Å². The summed E-state index contributed by atoms with van der Waals surface area (Å²) >= 11 is 0. The number of ether oxygens (including phenoxy) is 2. The molecule has 7 nitrogen and oxygen atoms in total. The van der Waals surface area contributed by atoms with Crippen molar-refractivity contribution in [3.05, 3.63) is 11.8 Å². The van der Waals surface area contributed by atoms with Gasteiger partial charge in [-0.05, 0) is 26.2 Å². The Morgan fingerprint density at radius 1 is 1.33 bits per heavy atom. The molecule has 1 aromatic heterocycles. The van der Waals surface area contributed by atoms with Gasteiger partial charge in [-0.25, -0.2) is 4.98 Å². The zero-order valence-electron chi connectivity index (χ0n) is 14.5. The molecule has 1 aromatic rings. The van der Waals surface area contributed by atoms with Crippen molar-refractivity contribution in [1.82, 2.24) is 14.9 Å². The fourth-order valence-corrected chi connectivity index (χ4v) is 3.24. The van der Waals surface area contributed by atoms with Crippen LogP contribution in [0.5, 0.6) is 5.88 Å². The van der Waals surface area contributed by atoms with E-state index in [0.29, 0.717) is 31.3 Å². The van der Waals surface area contributed by atoms with Gasteiger partial charge in [0.25, 0.3) is 0 Å². The molecule has 1 unspecified atom stereocenters. The number of rotatable bonds is 5. The van der Waals surface area contributed by atoms with Crippen molar-refractivity contribution < 1.29 is 14.3 Å². The van der Waals surface area contributed by atoms with Crippen molar-refractivity contribution in [2.75, 3.05) is 44.8 Å². The molecule has 2 aliphatic heterocycles. The van der Waals surface area contributed by atoms with Crippen molar-refractivity contribution in [2.24, 2.45) is 0 Å². The Bertz CT molecular complexity index is 567. The van der Waals surface area contributed by atoms with E-state index in [0.717, 1.165) is 44.7 Å². The second-order valence-electron chi connectivity index (χ2n) is 6.39. The van der Waals surface area contributed by atoms with Crippen molar-refractivity contribution in [3.63, 3.8) is 0 Å². The number of aromatic nitrogens is 2. The first-order valence-electron chi connectivity index (χ1n) is 8.69. The maximum absolute atomic E-state index is 12.4. The van der Waals surface area contributed by atoms with Gasteiger partial charge in [0, 0.05) is 51.0 Å². The van der Waals surface area contributed by atoms with Gasteiger partial charge in [0.05, 0.1) is 13.2 Å². The first-order valence-corrected chi connectivity index (χ1v) is 8.69. The number of amides is 1. The Kier molecular flexibility index (Phi) is 5.50. The summed E-state index contributed by atoms with van der Waals surface area (Å²) in [4.78, 5) is 25.3. The van der Waals surface area contributed by atoms with Crippen LogP contribution in [0.1, 0.15) is 31.4 Å². The molecule has 0 aliphatic carbocycles. The third-order valence-corrected chi connectivity index (χ3v) is 4.65. The summed E-state index contributed by atoms with van der Waals surface area (Å²) in [7, 11) is 1.61. The number of hydrogen-bond acceptors (Lipinski definition) is 6. The van der Waals surface area contributed by atoms with E-state index in [1.807, 2.05) is 17.9 Å². The SMILES string of the molecule is COc1cc(C)nc(N2CCN(C(=O)CCC3CCCO3)CC2)n1. The number of nitrogens with zero attached hydrogens (tertiary/aromatic N) is 4. The van der Waals surface area contributed by atoms with Gasteiger partial charge in [0.1, 0.15) is 0 Å². The van der Waals surface area contributed by atoms with E-state index in [9.17, 15) is 4.79 Å². The summed E-state index contributed by atoms with van der Waals surface area (Å²) in [6, 6.07) is 1.81. The minimum atomic E-state index is 0.230. The number of aryl methyl sites for hydroxylation is 1. The monoisotopic (exact) mass is 334 g/mol. The van der Waals surface area contributed by atoms with Gasteiger partial charge in [0.15, 0.2) is 0 Å². The molecule has 0 spiro atoms. The number of anilines is 1. The summed E-state index contributed by atoms with van der Waals surface area (Å²) in [5.41, 5.74) is 0.881. The van der Waals surface area contributed by atoms with Crippen LogP contribution in [0.25, 0.3) is 0 Å². The van der Waals surface area contributed by atoms with Gasteiger partial charge >= 0.3 is 0 Å². The maximum Gasteiger partial charge on any atom is 0.228 e. The molecule has 0 N–H and O–H groups in total. The van der Waals surface area contributed by atoms with Crippen LogP contribution < -0.4 is 9.64 Å². The molecular weight excluding hydrogens is 308 g/mol. The van der Waals surface area contributed by atoms with Crippen LogP contribution >= 0.6 is 0 Å². The molecule has 3 heterocycles. The second kappa shape index (κ2) is 7.79. The van der Waals surface area contributed by atoms with E-state index < -0.39 is 0 Å². The Morgan fingerprint density at radius 2 is 2.12 bits per heavy atom. The molecule has 2 saturated heterocycles. The van der Waals surface area contributed by atoms with Crippen molar-refractivity contribution in [1.29, 1.82) is 0 Å². The molecule has 0 saturated carbocycles. The van der Waals surface area contributed by atoms with Crippen molar-refractivity contribution in [2.45, 2.75) is 38.7 Å². The molecule has 3 rings (SSSR count). The Morgan fingerprint density at radius 3 is 2.79 bits per heavy atom. The highest BCUT2D eigenvalue weighted by Crippen LogP contribution is 2.19. The topological polar surface area (TPSA) is 67.8 Å². The number of methoxy groups -OCH3 is 1. The molecule has 24 heavy (non-hydrogen) atoms. The highest BCUT2D eigenvalue weighted by atomic mass is 16.5. The lowest BCUT2D eigenvalue weighted by molar-refractivity contribution is -0.132. The lowest BCUT2D eigenvalue weighted by Gasteiger charge is -2.35. The van der Waals surface area contributed by atoms with E-state index in [4.69, 9.17) is 9.47 Å². The first-order chi connectivity index (χ1) is 11.7. The Hall–Kier alpha value is -1.89. The fraction of sp³-hybridized carbons (Fsp3) is 0.706. The first kappa shape index (κ1) is 17.0. The van der Waals surface area contributed by atoms with E-state index in [1.54, 1.807) is 7.11 Å². The smallest absolute Gasteiger partial charge is 0.228 e. The number of carbonyl (C=O) groups is 1. The lowest BCUT2D eigenvalue weighted by Crippen LogP contribution is -2.49. The predicted molar refractivity (Wildman–Crippen MR) is 90.3 cm³/mol. The van der Waals surface area contributed by atoms with Crippen LogP contribution in [0.3, 0.4) is 0 Å². The van der Waals surface area contributed by atoms with Crippen molar-refractivity contribution in [3.8, 4) is 5.88 Å². The Labute approximate surface area is 143 Å². The summed E-state index contributed by atoms with van der Waals surface area (Å²) in [6.45, 7) is 5.69. The maximum atomic E-state index is 12.4. The van der Waals surface area contributed by atoms with Crippen LogP contribution in [-0.4, -0.2) is 66.8 Å². The third kappa shape index (κ3) is 4.14. The quantitative estimate of drug-likeness (QED) is 0.811. The van der Waals surface area contributed by atoms with Gasteiger partial charge in [-0.1, -0.05) is 0 Å². The average Bonchev–Trinajstić information content (AvgIpc) is 3.12. The average molecular weight is 334 g/mol. The summed E-state index contributed by atoms with van der Waals surface area (Å²) in [6.07, 6.45) is 3.92. The van der Waals surface area contributed by atoms with E-state index in [2.05, 4.69) is 14.9 Å². The van der Waals surface area contributed by atoms with Crippen LogP contribution in [0, 0.1) is 6.92 Å². The molecule has 1 amide bonds. The van der Waals surface area contributed by atoms with Crippen LogP contribution in [0.4, 0.5) is 5.95 Å². The molecule has 2 fully saturated rings. The fourth-order valence-electron chi connectivity index (χ4n) is 3.24. The van der Waals surface area contributed by atoms with E-state index in [1.165, 1.54) is 0 Å². The largest absolute Gasteiger partial charge is 0.481 e. The predicted octanol–water partition coefficient (Wildman–Crippen LogP) is 1.40. The molecule has 0 aromatic carbocycles. The minimum absolute atomic E-state index is 0.230. The van der Waals surface area contributed by atoms with Crippen LogP contribution in [0.2, 0.25) is 0 Å². The van der Waals surface area contributed by atoms with E-state index >= 15 is 0 Å². The molecule has 132 valence electrons. The van der Waals surface area contributed by atoms with Gasteiger partial charge in [-0.2, -0.15) is 4.98 Å².